The van der Waals surface area contributed by atoms with Gasteiger partial charge in [-0.2, -0.15) is 8.42 Å². The Morgan fingerprint density at radius 3 is 2.41 bits per heavy atom. The number of hydrogen-bond acceptors (Lipinski definition) is 3. The number of rotatable bonds is 4. The van der Waals surface area contributed by atoms with Crippen LogP contribution in [-0.4, -0.2) is 20.0 Å². The summed E-state index contributed by atoms with van der Waals surface area (Å²) < 4.78 is 28.8. The summed E-state index contributed by atoms with van der Waals surface area (Å²) in [7, 11) is -3.63. The molecule has 1 amide bonds. The maximum absolute atomic E-state index is 12.0. The lowest BCUT2D eigenvalue weighted by atomic mass is 10.0. The number of hydrogen-bond donors (Lipinski definition) is 2. The molecule has 2 rings (SSSR count). The van der Waals surface area contributed by atoms with Crippen LogP contribution in [0.4, 0.5) is 5.69 Å². The first-order chi connectivity index (χ1) is 10.3. The summed E-state index contributed by atoms with van der Waals surface area (Å²) in [6, 6.07) is 7.54. The number of benzene rings is 1. The number of nitrogens with one attached hydrogen (secondary N) is 2. The summed E-state index contributed by atoms with van der Waals surface area (Å²) >= 11 is 0. The minimum atomic E-state index is -3.63. The van der Waals surface area contributed by atoms with E-state index in [2.05, 4.69) is 14.4 Å². The molecule has 7 heteroatoms. The Balaban J connectivity index is 1.97. The zero-order valence-electron chi connectivity index (χ0n) is 12.8. The molecule has 1 aromatic carbocycles. The highest BCUT2D eigenvalue weighted by atomic mass is 32.2. The lowest BCUT2D eigenvalue weighted by Crippen LogP contribution is -2.28. The zero-order valence-corrected chi connectivity index (χ0v) is 13.6. The first-order valence-electron chi connectivity index (χ1n) is 6.93. The largest absolute Gasteiger partial charge is 0.342 e. The molecule has 0 aromatic heterocycles. The summed E-state index contributed by atoms with van der Waals surface area (Å²) in [5.74, 6) is -0.120. The van der Waals surface area contributed by atoms with Gasteiger partial charge in [-0.25, -0.2) is 0 Å². The average molecular weight is 321 g/mol. The molecule has 22 heavy (non-hydrogen) atoms. The second kappa shape index (κ2) is 6.31. The van der Waals surface area contributed by atoms with Crippen molar-refractivity contribution in [2.45, 2.75) is 33.6 Å². The molecule has 6 nitrogen and oxygen atoms in total. The minimum absolute atomic E-state index is 0.120. The van der Waals surface area contributed by atoms with E-state index in [1.54, 1.807) is 13.8 Å². The van der Waals surface area contributed by atoms with Crippen LogP contribution in [0.25, 0.3) is 0 Å². The van der Waals surface area contributed by atoms with E-state index in [1.807, 2.05) is 31.2 Å². The van der Waals surface area contributed by atoms with Gasteiger partial charge in [0.05, 0.1) is 5.71 Å². The summed E-state index contributed by atoms with van der Waals surface area (Å²) in [6.07, 6.45) is 0.691. The average Bonchev–Trinajstić information content (AvgIpc) is 2.39. The van der Waals surface area contributed by atoms with E-state index in [1.165, 1.54) is 0 Å². The molecule has 1 aliphatic rings. The fourth-order valence-corrected chi connectivity index (χ4v) is 3.28. The number of anilines is 1. The van der Waals surface area contributed by atoms with E-state index in [4.69, 9.17) is 0 Å². The van der Waals surface area contributed by atoms with Crippen LogP contribution in [-0.2, 0) is 15.0 Å². The van der Waals surface area contributed by atoms with Gasteiger partial charge < -0.3 is 5.32 Å². The van der Waals surface area contributed by atoms with E-state index in [9.17, 15) is 13.2 Å². The van der Waals surface area contributed by atoms with E-state index in [0.29, 0.717) is 17.8 Å². The van der Waals surface area contributed by atoms with Crippen molar-refractivity contribution in [3.8, 4) is 0 Å². The Morgan fingerprint density at radius 2 is 1.82 bits per heavy atom. The summed E-state index contributed by atoms with van der Waals surface area (Å²) in [4.78, 5) is 12.0. The Hall–Kier alpha value is -2.15. The van der Waals surface area contributed by atoms with E-state index in [0.717, 1.165) is 16.8 Å². The number of nitrogens with zero attached hydrogens (tertiary/aromatic N) is 1. The molecule has 0 atom stereocenters. The van der Waals surface area contributed by atoms with Crippen molar-refractivity contribution < 1.29 is 13.2 Å². The third-order valence-electron chi connectivity index (χ3n) is 3.37. The highest BCUT2D eigenvalue weighted by Gasteiger charge is 2.20. The third kappa shape index (κ3) is 4.17. The monoisotopic (exact) mass is 321 g/mol. The smallest absolute Gasteiger partial charge is 0.326 e. The molecule has 0 radical (unpaired) electrons. The lowest BCUT2D eigenvalue weighted by Gasteiger charge is -2.17. The van der Waals surface area contributed by atoms with E-state index < -0.39 is 10.2 Å². The van der Waals surface area contributed by atoms with Crippen LogP contribution in [0.1, 0.15) is 32.3 Å². The molecule has 0 aliphatic carbocycles. The van der Waals surface area contributed by atoms with Crippen molar-refractivity contribution in [2.24, 2.45) is 4.40 Å². The van der Waals surface area contributed by atoms with Gasteiger partial charge in [0.1, 0.15) is 0 Å². The zero-order chi connectivity index (χ0) is 16.3. The maximum atomic E-state index is 12.0. The minimum Gasteiger partial charge on any atom is -0.326 e. The number of amides is 1. The van der Waals surface area contributed by atoms with Crippen LogP contribution in [0.15, 0.2) is 39.9 Å². The van der Waals surface area contributed by atoms with E-state index in [-0.39, 0.29) is 12.3 Å². The quantitative estimate of drug-likeness (QED) is 0.892. The van der Waals surface area contributed by atoms with Gasteiger partial charge in [-0.15, -0.1) is 4.40 Å². The SMILES string of the molecule is CC1=NS(=O)(=O)NC(C)=C1CCC(=O)Nc1ccc(C)cc1. The van der Waals surface area contributed by atoms with Crippen LogP contribution in [0.5, 0.6) is 0 Å². The van der Waals surface area contributed by atoms with Gasteiger partial charge in [0.25, 0.3) is 0 Å². The van der Waals surface area contributed by atoms with Crippen LogP contribution in [0.2, 0.25) is 0 Å². The molecule has 1 heterocycles. The Labute approximate surface area is 130 Å². The van der Waals surface area contributed by atoms with Gasteiger partial charge in [0, 0.05) is 17.8 Å². The fourth-order valence-electron chi connectivity index (χ4n) is 2.25. The first-order valence-corrected chi connectivity index (χ1v) is 8.37. The van der Waals surface area contributed by atoms with Crippen molar-refractivity contribution in [2.75, 3.05) is 5.32 Å². The van der Waals surface area contributed by atoms with Gasteiger partial charge in [0.15, 0.2) is 0 Å². The molecular formula is C15H19N3O3S. The second-order valence-electron chi connectivity index (χ2n) is 5.27. The first kappa shape index (κ1) is 16.2. The maximum Gasteiger partial charge on any atom is 0.342 e. The molecule has 0 spiro atoms. The summed E-state index contributed by atoms with van der Waals surface area (Å²) in [6.45, 7) is 5.28. The predicted octanol–water partition coefficient (Wildman–Crippen LogP) is 2.30. The highest BCUT2D eigenvalue weighted by Crippen LogP contribution is 2.18. The van der Waals surface area contributed by atoms with Gasteiger partial charge in [-0.3, -0.25) is 9.52 Å². The highest BCUT2D eigenvalue weighted by molar-refractivity contribution is 7.88. The molecular weight excluding hydrogens is 302 g/mol. The van der Waals surface area contributed by atoms with Crippen LogP contribution in [0, 0.1) is 6.92 Å². The van der Waals surface area contributed by atoms with Crippen LogP contribution in [0.3, 0.4) is 0 Å². The Kier molecular flexibility index (Phi) is 4.65. The predicted molar refractivity (Wildman–Crippen MR) is 86.9 cm³/mol. The summed E-state index contributed by atoms with van der Waals surface area (Å²) in [5, 5.41) is 2.81. The van der Waals surface area contributed by atoms with Gasteiger partial charge in [0.2, 0.25) is 5.91 Å². The molecule has 1 aliphatic heterocycles. The Morgan fingerprint density at radius 1 is 1.18 bits per heavy atom. The third-order valence-corrected chi connectivity index (χ3v) is 4.44. The molecule has 2 N–H and O–H groups in total. The topological polar surface area (TPSA) is 87.6 Å². The van der Waals surface area contributed by atoms with Crippen molar-refractivity contribution >= 4 is 27.5 Å². The summed E-state index contributed by atoms with van der Waals surface area (Å²) in [5.41, 5.74) is 3.58. The van der Waals surface area contributed by atoms with Gasteiger partial charge in [-0.05, 0) is 44.9 Å². The van der Waals surface area contributed by atoms with Crippen molar-refractivity contribution in [1.29, 1.82) is 0 Å². The Bertz CT molecular complexity index is 747. The van der Waals surface area contributed by atoms with Crippen molar-refractivity contribution in [3.63, 3.8) is 0 Å². The molecule has 0 bridgehead atoms. The molecule has 118 valence electrons. The number of allylic oxidation sites excluding steroid dienone is 2. The number of carbonyl (C=O) groups excluding carboxylic acids is 1. The normalized spacial score (nSPS) is 16.8. The standard InChI is InChI=1S/C15H19N3O3S/c1-10-4-6-13(7-5-10)16-15(19)9-8-14-11(2)17-22(20,21)18-12(14)3/h4-7,17H,8-9H2,1-3H3,(H,16,19). The van der Waals surface area contributed by atoms with Gasteiger partial charge >= 0.3 is 10.2 Å². The van der Waals surface area contributed by atoms with Crippen LogP contribution >= 0.6 is 0 Å². The second-order valence-corrected chi connectivity index (χ2v) is 6.61. The van der Waals surface area contributed by atoms with Crippen molar-refractivity contribution in [1.82, 2.24) is 4.72 Å². The van der Waals surface area contributed by atoms with Crippen molar-refractivity contribution in [3.05, 3.63) is 41.1 Å². The number of carbonyl (C=O) groups is 1. The molecule has 0 fully saturated rings. The molecule has 1 aromatic rings. The number of aryl methyl sites for hydroxylation is 1. The lowest BCUT2D eigenvalue weighted by molar-refractivity contribution is -0.116. The molecule has 0 saturated heterocycles. The fraction of sp³-hybridized carbons (Fsp3) is 0.333. The molecule has 0 unspecified atom stereocenters. The van der Waals surface area contributed by atoms with E-state index >= 15 is 0 Å². The van der Waals surface area contributed by atoms with Gasteiger partial charge in [-0.1, -0.05) is 17.7 Å². The van der Waals surface area contributed by atoms with Crippen LogP contribution < -0.4 is 10.0 Å². The molecule has 0 saturated carbocycles.